The second-order valence-electron chi connectivity index (χ2n) is 5.08. The molecule has 0 aliphatic heterocycles. The summed E-state index contributed by atoms with van der Waals surface area (Å²) in [5.41, 5.74) is 2.22. The Balaban J connectivity index is 0.00000529. The minimum Gasteiger partial charge on any atom is -0.496 e. The Morgan fingerprint density at radius 1 is 1.29 bits per heavy atom. The first-order valence-electron chi connectivity index (χ1n) is 7.84. The van der Waals surface area contributed by atoms with Crippen LogP contribution in [-0.2, 0) is 16.1 Å². The Labute approximate surface area is 161 Å². The second-order valence-corrected chi connectivity index (χ2v) is 5.08. The smallest absolute Gasteiger partial charge is 0.305 e. The van der Waals surface area contributed by atoms with E-state index in [1.807, 2.05) is 19.1 Å². The molecule has 0 saturated carbocycles. The number of hydrogen-bond acceptors (Lipinski definition) is 4. The van der Waals surface area contributed by atoms with Crippen LogP contribution >= 0.6 is 24.0 Å². The summed E-state index contributed by atoms with van der Waals surface area (Å²) < 4.78 is 10.3. The number of guanidine groups is 1. The predicted octanol–water partition coefficient (Wildman–Crippen LogP) is 2.63. The molecule has 0 amide bonds. The number of hydrogen-bond donors (Lipinski definition) is 2. The minimum absolute atomic E-state index is 0. The van der Waals surface area contributed by atoms with Crippen molar-refractivity contribution in [3.63, 3.8) is 0 Å². The average molecular weight is 449 g/mol. The first kappa shape index (κ1) is 22.5. The molecule has 1 aromatic rings. The molecule has 0 aliphatic rings. The van der Waals surface area contributed by atoms with E-state index >= 15 is 0 Å². The second kappa shape index (κ2) is 12.9. The van der Waals surface area contributed by atoms with Crippen LogP contribution in [0.5, 0.6) is 5.75 Å². The highest BCUT2D eigenvalue weighted by atomic mass is 127. The van der Waals surface area contributed by atoms with Gasteiger partial charge in [-0.3, -0.25) is 9.79 Å². The zero-order valence-corrected chi connectivity index (χ0v) is 17.2. The third kappa shape index (κ3) is 8.37. The fraction of sp³-hybridized carbons (Fsp3) is 0.529. The lowest BCUT2D eigenvalue weighted by Gasteiger charge is -2.14. The van der Waals surface area contributed by atoms with Gasteiger partial charge in [0.15, 0.2) is 5.96 Å². The first-order valence-corrected chi connectivity index (χ1v) is 7.84. The van der Waals surface area contributed by atoms with Gasteiger partial charge in [0.1, 0.15) is 5.75 Å². The van der Waals surface area contributed by atoms with Crippen molar-refractivity contribution < 1.29 is 14.3 Å². The summed E-state index contributed by atoms with van der Waals surface area (Å²) in [4.78, 5) is 15.4. The maximum atomic E-state index is 11.3. The molecule has 0 saturated heterocycles. The van der Waals surface area contributed by atoms with Crippen LogP contribution in [0.4, 0.5) is 0 Å². The number of nitrogens with zero attached hydrogens (tertiary/aromatic N) is 1. The SMILES string of the molecule is CCOC(=O)CCCNC(=NC)NCc1ccc(C)cc1OC.I. The summed E-state index contributed by atoms with van der Waals surface area (Å²) in [6, 6.07) is 6.09. The van der Waals surface area contributed by atoms with Gasteiger partial charge in [0.2, 0.25) is 0 Å². The summed E-state index contributed by atoms with van der Waals surface area (Å²) in [7, 11) is 3.38. The van der Waals surface area contributed by atoms with Crippen LogP contribution in [0.15, 0.2) is 23.2 Å². The monoisotopic (exact) mass is 449 g/mol. The van der Waals surface area contributed by atoms with Gasteiger partial charge in [0.05, 0.1) is 13.7 Å². The fourth-order valence-corrected chi connectivity index (χ4v) is 2.07. The molecule has 136 valence electrons. The average Bonchev–Trinajstić information content (AvgIpc) is 2.55. The zero-order chi connectivity index (χ0) is 17.1. The number of carbonyl (C=O) groups is 1. The maximum Gasteiger partial charge on any atom is 0.305 e. The van der Waals surface area contributed by atoms with E-state index in [1.165, 1.54) is 0 Å². The van der Waals surface area contributed by atoms with E-state index in [9.17, 15) is 4.79 Å². The van der Waals surface area contributed by atoms with Crippen molar-refractivity contribution in [2.24, 2.45) is 4.99 Å². The third-order valence-electron chi connectivity index (χ3n) is 3.27. The molecule has 0 aromatic heterocycles. The van der Waals surface area contributed by atoms with Gasteiger partial charge in [0, 0.05) is 32.1 Å². The summed E-state index contributed by atoms with van der Waals surface area (Å²) in [5.74, 6) is 1.38. The lowest BCUT2D eigenvalue weighted by Crippen LogP contribution is -2.37. The molecule has 0 aliphatic carbocycles. The van der Waals surface area contributed by atoms with Gasteiger partial charge < -0.3 is 20.1 Å². The Hall–Kier alpha value is -1.51. The van der Waals surface area contributed by atoms with Crippen molar-refractivity contribution >= 4 is 35.9 Å². The quantitative estimate of drug-likeness (QED) is 0.210. The first-order chi connectivity index (χ1) is 11.1. The highest BCUT2D eigenvalue weighted by molar-refractivity contribution is 14.0. The number of methoxy groups -OCH3 is 1. The lowest BCUT2D eigenvalue weighted by atomic mass is 10.1. The van der Waals surface area contributed by atoms with Crippen LogP contribution in [0.1, 0.15) is 30.9 Å². The topological polar surface area (TPSA) is 72.0 Å². The van der Waals surface area contributed by atoms with Gasteiger partial charge in [0.25, 0.3) is 0 Å². The number of esters is 1. The predicted molar refractivity (Wildman–Crippen MR) is 107 cm³/mol. The molecular formula is C17H28IN3O3. The molecule has 0 fully saturated rings. The Morgan fingerprint density at radius 3 is 2.67 bits per heavy atom. The Bertz CT molecular complexity index is 536. The van der Waals surface area contributed by atoms with E-state index < -0.39 is 0 Å². The molecule has 6 nitrogen and oxygen atoms in total. The van der Waals surface area contributed by atoms with Crippen molar-refractivity contribution in [3.05, 3.63) is 29.3 Å². The molecule has 0 bridgehead atoms. The van der Waals surface area contributed by atoms with Crippen molar-refractivity contribution in [1.82, 2.24) is 10.6 Å². The molecule has 1 aromatic carbocycles. The van der Waals surface area contributed by atoms with Crippen LogP contribution < -0.4 is 15.4 Å². The van der Waals surface area contributed by atoms with E-state index in [0.717, 1.165) is 16.9 Å². The van der Waals surface area contributed by atoms with Gasteiger partial charge in [-0.25, -0.2) is 0 Å². The van der Waals surface area contributed by atoms with Crippen LogP contribution in [0.3, 0.4) is 0 Å². The van der Waals surface area contributed by atoms with E-state index in [0.29, 0.717) is 38.5 Å². The van der Waals surface area contributed by atoms with Crippen LogP contribution in [-0.4, -0.2) is 39.2 Å². The van der Waals surface area contributed by atoms with Crippen molar-refractivity contribution in [3.8, 4) is 5.75 Å². The number of halogens is 1. The molecule has 0 radical (unpaired) electrons. The van der Waals surface area contributed by atoms with E-state index in [-0.39, 0.29) is 29.9 Å². The summed E-state index contributed by atoms with van der Waals surface area (Å²) >= 11 is 0. The summed E-state index contributed by atoms with van der Waals surface area (Å²) in [6.07, 6.45) is 1.11. The number of ether oxygens (including phenoxy) is 2. The summed E-state index contributed by atoms with van der Waals surface area (Å²) in [6.45, 7) is 5.53. The largest absolute Gasteiger partial charge is 0.496 e. The molecule has 2 N–H and O–H groups in total. The molecule has 7 heteroatoms. The number of carbonyl (C=O) groups excluding carboxylic acids is 1. The normalized spacial score (nSPS) is 10.6. The van der Waals surface area contributed by atoms with Gasteiger partial charge >= 0.3 is 5.97 Å². The van der Waals surface area contributed by atoms with Crippen molar-refractivity contribution in [2.45, 2.75) is 33.2 Å². The highest BCUT2D eigenvalue weighted by Crippen LogP contribution is 2.19. The van der Waals surface area contributed by atoms with Crippen molar-refractivity contribution in [1.29, 1.82) is 0 Å². The molecule has 0 heterocycles. The van der Waals surface area contributed by atoms with E-state index in [4.69, 9.17) is 9.47 Å². The minimum atomic E-state index is -0.165. The van der Waals surface area contributed by atoms with Crippen LogP contribution in [0.2, 0.25) is 0 Å². The molecule has 24 heavy (non-hydrogen) atoms. The number of benzene rings is 1. The molecule has 0 spiro atoms. The van der Waals surface area contributed by atoms with E-state index in [1.54, 1.807) is 21.1 Å². The number of aryl methyl sites for hydroxylation is 1. The third-order valence-corrected chi connectivity index (χ3v) is 3.27. The summed E-state index contributed by atoms with van der Waals surface area (Å²) in [5, 5.41) is 6.41. The van der Waals surface area contributed by atoms with Crippen LogP contribution in [0, 0.1) is 6.92 Å². The van der Waals surface area contributed by atoms with Crippen molar-refractivity contribution in [2.75, 3.05) is 27.3 Å². The number of rotatable bonds is 8. The van der Waals surface area contributed by atoms with Gasteiger partial charge in [-0.1, -0.05) is 12.1 Å². The van der Waals surface area contributed by atoms with Crippen LogP contribution in [0.25, 0.3) is 0 Å². The molecule has 0 atom stereocenters. The fourth-order valence-electron chi connectivity index (χ4n) is 2.07. The lowest BCUT2D eigenvalue weighted by molar-refractivity contribution is -0.143. The molecule has 1 rings (SSSR count). The highest BCUT2D eigenvalue weighted by Gasteiger charge is 2.05. The zero-order valence-electron chi connectivity index (χ0n) is 14.8. The maximum absolute atomic E-state index is 11.3. The Kier molecular flexibility index (Phi) is 12.0. The molecule has 0 unspecified atom stereocenters. The van der Waals surface area contributed by atoms with Gasteiger partial charge in [-0.05, 0) is 31.9 Å². The van der Waals surface area contributed by atoms with Gasteiger partial charge in [-0.15, -0.1) is 24.0 Å². The standard InChI is InChI=1S/C17H27N3O3.HI/c1-5-23-16(21)7-6-10-19-17(18-3)20-12-14-9-8-13(2)11-15(14)22-4;/h8-9,11H,5-7,10,12H2,1-4H3,(H2,18,19,20);1H. The Morgan fingerprint density at radius 2 is 2.04 bits per heavy atom. The van der Waals surface area contributed by atoms with E-state index in [2.05, 4.69) is 21.7 Å². The van der Waals surface area contributed by atoms with Gasteiger partial charge in [-0.2, -0.15) is 0 Å². The molecular weight excluding hydrogens is 421 g/mol. The number of nitrogens with one attached hydrogen (secondary N) is 2. The number of aliphatic imine (C=N–C) groups is 1.